The fourth-order valence-corrected chi connectivity index (χ4v) is 2.23. The van der Waals surface area contributed by atoms with Crippen molar-refractivity contribution in [2.45, 2.75) is 39.5 Å². The second-order valence-corrected chi connectivity index (χ2v) is 4.95. The SMILES string of the molecule is CCCCC(C)Cc1ccc2ccccc2n1. The molecule has 2 aromatic rings. The summed E-state index contributed by atoms with van der Waals surface area (Å²) in [5, 5.41) is 1.23. The molecule has 1 aromatic heterocycles. The Bertz CT molecular complexity index is 476. The number of para-hydroxylation sites is 1. The van der Waals surface area contributed by atoms with Gasteiger partial charge in [0, 0.05) is 11.1 Å². The Morgan fingerprint density at radius 3 is 2.76 bits per heavy atom. The zero-order valence-corrected chi connectivity index (χ0v) is 10.8. The number of rotatable bonds is 5. The van der Waals surface area contributed by atoms with E-state index in [-0.39, 0.29) is 0 Å². The highest BCUT2D eigenvalue weighted by Crippen LogP contribution is 2.16. The van der Waals surface area contributed by atoms with Crippen LogP contribution in [0.15, 0.2) is 36.4 Å². The number of pyridine rings is 1. The molecule has 1 aromatic carbocycles. The van der Waals surface area contributed by atoms with Gasteiger partial charge < -0.3 is 0 Å². The number of aromatic nitrogens is 1. The summed E-state index contributed by atoms with van der Waals surface area (Å²) in [6.07, 6.45) is 5.03. The molecule has 1 atom stereocenters. The van der Waals surface area contributed by atoms with Gasteiger partial charge in [-0.05, 0) is 24.5 Å². The lowest BCUT2D eigenvalue weighted by molar-refractivity contribution is 0.499. The normalized spacial score (nSPS) is 12.8. The smallest absolute Gasteiger partial charge is 0.0705 e. The predicted molar refractivity (Wildman–Crippen MR) is 74.1 cm³/mol. The van der Waals surface area contributed by atoms with Crippen molar-refractivity contribution in [3.8, 4) is 0 Å². The molecule has 0 aliphatic rings. The van der Waals surface area contributed by atoms with Crippen LogP contribution in [0.5, 0.6) is 0 Å². The fraction of sp³-hybridized carbons (Fsp3) is 0.438. The van der Waals surface area contributed by atoms with Crippen LogP contribution in [0.4, 0.5) is 0 Å². The van der Waals surface area contributed by atoms with Gasteiger partial charge in [0.1, 0.15) is 0 Å². The van der Waals surface area contributed by atoms with E-state index in [0.717, 1.165) is 17.9 Å². The van der Waals surface area contributed by atoms with E-state index in [1.54, 1.807) is 0 Å². The molecule has 0 bridgehead atoms. The number of hydrogen-bond donors (Lipinski definition) is 0. The Labute approximate surface area is 104 Å². The summed E-state index contributed by atoms with van der Waals surface area (Å²) in [6.45, 7) is 4.58. The predicted octanol–water partition coefficient (Wildman–Crippen LogP) is 4.60. The standard InChI is InChI=1S/C16H21N/c1-3-4-7-13(2)12-15-11-10-14-8-5-6-9-16(14)17-15/h5-6,8-11,13H,3-4,7,12H2,1-2H3. The molecule has 0 radical (unpaired) electrons. The van der Waals surface area contributed by atoms with Gasteiger partial charge >= 0.3 is 0 Å². The number of benzene rings is 1. The molecule has 0 aliphatic heterocycles. The summed E-state index contributed by atoms with van der Waals surface area (Å²) in [5.74, 6) is 0.739. The van der Waals surface area contributed by atoms with E-state index in [4.69, 9.17) is 4.98 Å². The molecule has 1 nitrogen and oxygen atoms in total. The quantitative estimate of drug-likeness (QED) is 0.727. The van der Waals surface area contributed by atoms with Gasteiger partial charge in [0.05, 0.1) is 5.52 Å². The molecular formula is C16H21N. The van der Waals surface area contributed by atoms with Crippen LogP contribution in [-0.2, 0) is 6.42 Å². The Morgan fingerprint density at radius 1 is 1.12 bits per heavy atom. The zero-order chi connectivity index (χ0) is 12.1. The van der Waals surface area contributed by atoms with E-state index in [0.29, 0.717) is 0 Å². The molecule has 0 N–H and O–H groups in total. The molecule has 1 heteroatoms. The van der Waals surface area contributed by atoms with E-state index >= 15 is 0 Å². The first-order valence-corrected chi connectivity index (χ1v) is 6.64. The Balaban J connectivity index is 2.08. The van der Waals surface area contributed by atoms with Crippen molar-refractivity contribution in [1.29, 1.82) is 0 Å². The van der Waals surface area contributed by atoms with Gasteiger partial charge in [-0.15, -0.1) is 0 Å². The van der Waals surface area contributed by atoms with Crippen LogP contribution in [0.1, 0.15) is 38.8 Å². The van der Waals surface area contributed by atoms with Crippen molar-refractivity contribution < 1.29 is 0 Å². The highest BCUT2D eigenvalue weighted by molar-refractivity contribution is 5.78. The average Bonchev–Trinajstić information content (AvgIpc) is 2.36. The van der Waals surface area contributed by atoms with Gasteiger partial charge in [0.15, 0.2) is 0 Å². The topological polar surface area (TPSA) is 12.9 Å². The number of unbranched alkanes of at least 4 members (excludes halogenated alkanes) is 1. The maximum atomic E-state index is 4.72. The number of hydrogen-bond acceptors (Lipinski definition) is 1. The minimum atomic E-state index is 0.739. The summed E-state index contributed by atoms with van der Waals surface area (Å²) in [7, 11) is 0. The van der Waals surface area contributed by atoms with Crippen LogP contribution < -0.4 is 0 Å². The van der Waals surface area contributed by atoms with E-state index in [1.807, 2.05) is 0 Å². The molecule has 0 saturated heterocycles. The summed E-state index contributed by atoms with van der Waals surface area (Å²) < 4.78 is 0. The molecule has 1 heterocycles. The molecular weight excluding hydrogens is 206 g/mol. The molecule has 17 heavy (non-hydrogen) atoms. The minimum absolute atomic E-state index is 0.739. The number of nitrogens with zero attached hydrogens (tertiary/aromatic N) is 1. The second-order valence-electron chi connectivity index (χ2n) is 4.95. The van der Waals surface area contributed by atoms with Crippen molar-refractivity contribution >= 4 is 10.9 Å². The lowest BCUT2D eigenvalue weighted by Crippen LogP contribution is -2.01. The lowest BCUT2D eigenvalue weighted by atomic mass is 9.98. The lowest BCUT2D eigenvalue weighted by Gasteiger charge is -2.10. The highest BCUT2D eigenvalue weighted by Gasteiger charge is 2.05. The van der Waals surface area contributed by atoms with E-state index in [9.17, 15) is 0 Å². The molecule has 0 amide bonds. The maximum Gasteiger partial charge on any atom is 0.0705 e. The van der Waals surface area contributed by atoms with Crippen LogP contribution in [0.3, 0.4) is 0 Å². The van der Waals surface area contributed by atoms with Crippen LogP contribution in [0, 0.1) is 5.92 Å². The van der Waals surface area contributed by atoms with Gasteiger partial charge in [-0.3, -0.25) is 4.98 Å². The van der Waals surface area contributed by atoms with Gasteiger partial charge in [-0.1, -0.05) is 57.4 Å². The molecule has 0 spiro atoms. The summed E-state index contributed by atoms with van der Waals surface area (Å²) >= 11 is 0. The molecule has 0 aliphatic carbocycles. The molecule has 0 saturated carbocycles. The van der Waals surface area contributed by atoms with Crippen molar-refractivity contribution in [1.82, 2.24) is 4.98 Å². The zero-order valence-electron chi connectivity index (χ0n) is 10.8. The third kappa shape index (κ3) is 3.29. The van der Waals surface area contributed by atoms with Gasteiger partial charge in [-0.25, -0.2) is 0 Å². The second kappa shape index (κ2) is 5.81. The van der Waals surface area contributed by atoms with Crippen LogP contribution >= 0.6 is 0 Å². The minimum Gasteiger partial charge on any atom is -0.253 e. The maximum absolute atomic E-state index is 4.72. The van der Waals surface area contributed by atoms with Crippen molar-refractivity contribution in [2.75, 3.05) is 0 Å². The van der Waals surface area contributed by atoms with Crippen molar-refractivity contribution in [3.05, 3.63) is 42.1 Å². The molecule has 0 fully saturated rings. The fourth-order valence-electron chi connectivity index (χ4n) is 2.23. The molecule has 2 rings (SSSR count). The summed E-state index contributed by atoms with van der Waals surface area (Å²) in [5.41, 5.74) is 2.35. The van der Waals surface area contributed by atoms with Crippen LogP contribution in [0.25, 0.3) is 10.9 Å². The summed E-state index contributed by atoms with van der Waals surface area (Å²) in [6, 6.07) is 12.7. The van der Waals surface area contributed by atoms with E-state index < -0.39 is 0 Å². The third-order valence-electron chi connectivity index (χ3n) is 3.26. The van der Waals surface area contributed by atoms with E-state index in [2.05, 4.69) is 50.2 Å². The van der Waals surface area contributed by atoms with Crippen LogP contribution in [-0.4, -0.2) is 4.98 Å². The van der Waals surface area contributed by atoms with Crippen molar-refractivity contribution in [3.63, 3.8) is 0 Å². The molecule has 90 valence electrons. The third-order valence-corrected chi connectivity index (χ3v) is 3.26. The Morgan fingerprint density at radius 2 is 1.94 bits per heavy atom. The molecule has 1 unspecified atom stereocenters. The Hall–Kier alpha value is -1.37. The largest absolute Gasteiger partial charge is 0.253 e. The van der Waals surface area contributed by atoms with Gasteiger partial charge in [0.2, 0.25) is 0 Å². The number of fused-ring (bicyclic) bond motifs is 1. The Kier molecular flexibility index (Phi) is 4.13. The summed E-state index contributed by atoms with van der Waals surface area (Å²) in [4.78, 5) is 4.72. The average molecular weight is 227 g/mol. The first-order valence-electron chi connectivity index (χ1n) is 6.64. The van der Waals surface area contributed by atoms with E-state index in [1.165, 1.54) is 30.3 Å². The highest BCUT2D eigenvalue weighted by atomic mass is 14.7. The van der Waals surface area contributed by atoms with Crippen LogP contribution in [0.2, 0.25) is 0 Å². The monoisotopic (exact) mass is 227 g/mol. The van der Waals surface area contributed by atoms with Gasteiger partial charge in [-0.2, -0.15) is 0 Å². The van der Waals surface area contributed by atoms with Crippen molar-refractivity contribution in [2.24, 2.45) is 5.92 Å². The van der Waals surface area contributed by atoms with Gasteiger partial charge in [0.25, 0.3) is 0 Å². The first kappa shape index (κ1) is 12.1. The first-order chi connectivity index (χ1) is 8.29.